The van der Waals surface area contributed by atoms with Crippen LogP contribution in [0.5, 0.6) is 0 Å². The molecule has 0 aliphatic rings. The molecule has 0 fully saturated rings. The normalized spacial score (nSPS) is 12.7. The van der Waals surface area contributed by atoms with Crippen LogP contribution in [0.15, 0.2) is 18.2 Å². The van der Waals surface area contributed by atoms with Crippen LogP contribution in [-0.4, -0.2) is 14.9 Å². The van der Waals surface area contributed by atoms with Gasteiger partial charge in [-0.25, -0.2) is 0 Å². The molecule has 1 heterocycles. The van der Waals surface area contributed by atoms with Gasteiger partial charge in [0.05, 0.1) is 22.5 Å². The summed E-state index contributed by atoms with van der Waals surface area (Å²) in [6, 6.07) is 5.58. The first kappa shape index (κ1) is 15.4. The summed E-state index contributed by atoms with van der Waals surface area (Å²) < 4.78 is 1.74. The van der Waals surface area contributed by atoms with Crippen LogP contribution in [0.1, 0.15) is 35.5 Å². The van der Waals surface area contributed by atoms with E-state index >= 15 is 0 Å². The van der Waals surface area contributed by atoms with E-state index in [1.807, 2.05) is 33.0 Å². The molecule has 1 aromatic heterocycles. The van der Waals surface area contributed by atoms with Crippen LogP contribution in [0.3, 0.4) is 0 Å². The smallest absolute Gasteiger partial charge is 0.0850 e. The monoisotopic (exact) mass is 312 g/mol. The van der Waals surface area contributed by atoms with Crippen LogP contribution >= 0.6 is 23.2 Å². The molecule has 2 aromatic rings. The Morgan fingerprint density at radius 3 is 2.55 bits per heavy atom. The summed E-state index contributed by atoms with van der Waals surface area (Å²) in [5.41, 5.74) is 3.52. The number of aliphatic hydroxyl groups is 1. The fraction of sp³-hybridized carbons (Fsp3) is 0.400. The molecule has 108 valence electrons. The zero-order chi connectivity index (χ0) is 14.9. The highest BCUT2D eigenvalue weighted by Gasteiger charge is 2.18. The van der Waals surface area contributed by atoms with Gasteiger partial charge < -0.3 is 5.11 Å². The summed E-state index contributed by atoms with van der Waals surface area (Å²) in [4.78, 5) is 0. The van der Waals surface area contributed by atoms with Gasteiger partial charge in [0.25, 0.3) is 0 Å². The maximum atomic E-state index is 10.4. The molecule has 0 aliphatic heterocycles. The average molecular weight is 313 g/mol. The lowest BCUT2D eigenvalue weighted by atomic mass is 10.0. The third-order valence-corrected chi connectivity index (χ3v) is 3.99. The summed E-state index contributed by atoms with van der Waals surface area (Å²) >= 11 is 12.3. The first-order valence-corrected chi connectivity index (χ1v) is 7.33. The van der Waals surface area contributed by atoms with Gasteiger partial charge in [-0.2, -0.15) is 5.10 Å². The van der Waals surface area contributed by atoms with Crippen molar-refractivity contribution in [3.05, 3.63) is 50.8 Å². The minimum Gasteiger partial charge on any atom is -0.388 e. The summed E-state index contributed by atoms with van der Waals surface area (Å²) in [6.07, 6.45) is 0.547. The highest BCUT2D eigenvalue weighted by Crippen LogP contribution is 2.28. The molecule has 0 radical (unpaired) electrons. The fourth-order valence-electron chi connectivity index (χ4n) is 2.30. The molecular weight excluding hydrogens is 295 g/mol. The van der Waals surface area contributed by atoms with Crippen LogP contribution in [0.2, 0.25) is 10.0 Å². The van der Waals surface area contributed by atoms with Gasteiger partial charge in [-0.05, 0) is 36.6 Å². The fourth-order valence-corrected chi connectivity index (χ4v) is 2.97. The second-order valence-electron chi connectivity index (χ2n) is 4.97. The maximum absolute atomic E-state index is 10.4. The van der Waals surface area contributed by atoms with Gasteiger partial charge in [-0.3, -0.25) is 4.68 Å². The van der Waals surface area contributed by atoms with Crippen molar-refractivity contribution >= 4 is 23.2 Å². The van der Waals surface area contributed by atoms with Gasteiger partial charge in [0.15, 0.2) is 0 Å². The Labute approximate surface area is 129 Å². The SMILES string of the molecule is CCc1nn(C)c(CC(O)c2cc(C)cc(Cl)c2)c1Cl. The van der Waals surface area contributed by atoms with Gasteiger partial charge in [0.2, 0.25) is 0 Å². The minimum atomic E-state index is -0.648. The van der Waals surface area contributed by atoms with Crippen LogP contribution in [0.25, 0.3) is 0 Å². The number of aryl methyl sites for hydroxylation is 3. The summed E-state index contributed by atoms with van der Waals surface area (Å²) in [7, 11) is 1.84. The standard InChI is InChI=1S/C15H18Cl2N2O/c1-4-12-15(17)13(19(3)18-12)8-14(20)10-5-9(2)6-11(16)7-10/h5-7,14,20H,4,8H2,1-3H3. The Morgan fingerprint density at radius 2 is 2.00 bits per heavy atom. The predicted molar refractivity (Wildman–Crippen MR) is 82.4 cm³/mol. The van der Waals surface area contributed by atoms with Crippen molar-refractivity contribution in [2.75, 3.05) is 0 Å². The van der Waals surface area contributed by atoms with E-state index in [-0.39, 0.29) is 0 Å². The third kappa shape index (κ3) is 3.17. The zero-order valence-electron chi connectivity index (χ0n) is 11.8. The van der Waals surface area contributed by atoms with Crippen molar-refractivity contribution in [2.24, 2.45) is 7.05 Å². The first-order chi connectivity index (χ1) is 9.42. The van der Waals surface area contributed by atoms with E-state index in [0.29, 0.717) is 16.5 Å². The van der Waals surface area contributed by atoms with E-state index < -0.39 is 6.10 Å². The molecule has 0 aliphatic carbocycles. The Hall–Kier alpha value is -1.03. The number of rotatable bonds is 4. The maximum Gasteiger partial charge on any atom is 0.0850 e. The van der Waals surface area contributed by atoms with Crippen LogP contribution in [0, 0.1) is 6.92 Å². The highest BCUT2D eigenvalue weighted by atomic mass is 35.5. The van der Waals surface area contributed by atoms with E-state index in [1.165, 1.54) is 0 Å². The van der Waals surface area contributed by atoms with Crippen molar-refractivity contribution < 1.29 is 5.11 Å². The molecule has 5 heteroatoms. The highest BCUT2D eigenvalue weighted by molar-refractivity contribution is 6.32. The van der Waals surface area contributed by atoms with Crippen LogP contribution in [0.4, 0.5) is 0 Å². The number of benzene rings is 1. The van der Waals surface area contributed by atoms with E-state index in [0.717, 1.165) is 28.9 Å². The van der Waals surface area contributed by atoms with E-state index in [4.69, 9.17) is 23.2 Å². The van der Waals surface area contributed by atoms with Gasteiger partial charge in [-0.1, -0.05) is 36.2 Å². The Kier molecular flexibility index (Phi) is 4.74. The molecule has 3 nitrogen and oxygen atoms in total. The molecule has 0 spiro atoms. The van der Waals surface area contributed by atoms with E-state index in [2.05, 4.69) is 5.10 Å². The number of aliphatic hydroxyl groups excluding tert-OH is 1. The number of hydrogen-bond donors (Lipinski definition) is 1. The molecule has 0 saturated heterocycles. The summed E-state index contributed by atoms with van der Waals surface area (Å²) in [6.45, 7) is 3.96. The largest absolute Gasteiger partial charge is 0.388 e. The number of hydrogen-bond acceptors (Lipinski definition) is 2. The van der Waals surface area contributed by atoms with Gasteiger partial charge in [0.1, 0.15) is 0 Å². The topological polar surface area (TPSA) is 38.0 Å². The average Bonchev–Trinajstić information content (AvgIpc) is 2.65. The number of nitrogens with zero attached hydrogens (tertiary/aromatic N) is 2. The van der Waals surface area contributed by atoms with Gasteiger partial charge >= 0.3 is 0 Å². The second kappa shape index (κ2) is 6.17. The zero-order valence-corrected chi connectivity index (χ0v) is 13.3. The van der Waals surface area contributed by atoms with E-state index in [1.54, 1.807) is 10.7 Å². The van der Waals surface area contributed by atoms with Crippen molar-refractivity contribution in [1.82, 2.24) is 9.78 Å². The molecule has 0 amide bonds. The van der Waals surface area contributed by atoms with Crippen molar-refractivity contribution in [1.29, 1.82) is 0 Å². The van der Waals surface area contributed by atoms with Gasteiger partial charge in [0, 0.05) is 18.5 Å². The molecule has 0 saturated carbocycles. The predicted octanol–water partition coefficient (Wildman–Crippen LogP) is 3.87. The summed E-state index contributed by atoms with van der Waals surface area (Å²) in [5.74, 6) is 0. The molecule has 0 bridgehead atoms. The van der Waals surface area contributed by atoms with E-state index in [9.17, 15) is 5.11 Å². The number of aromatic nitrogens is 2. The minimum absolute atomic E-state index is 0.419. The van der Waals surface area contributed by atoms with Crippen molar-refractivity contribution in [2.45, 2.75) is 32.8 Å². The second-order valence-corrected chi connectivity index (χ2v) is 5.78. The molecule has 1 unspecified atom stereocenters. The van der Waals surface area contributed by atoms with Crippen molar-refractivity contribution in [3.63, 3.8) is 0 Å². The Bertz CT molecular complexity index is 602. The lowest BCUT2D eigenvalue weighted by molar-refractivity contribution is 0.176. The molecule has 20 heavy (non-hydrogen) atoms. The molecule has 2 rings (SSSR count). The molecular formula is C15H18Cl2N2O. The quantitative estimate of drug-likeness (QED) is 0.930. The molecule has 1 N–H and O–H groups in total. The molecule has 1 atom stereocenters. The molecule has 1 aromatic carbocycles. The van der Waals surface area contributed by atoms with Crippen molar-refractivity contribution in [3.8, 4) is 0 Å². The third-order valence-electron chi connectivity index (χ3n) is 3.34. The Morgan fingerprint density at radius 1 is 1.30 bits per heavy atom. The lowest BCUT2D eigenvalue weighted by Gasteiger charge is -2.13. The number of halogens is 2. The van der Waals surface area contributed by atoms with Crippen LogP contribution < -0.4 is 0 Å². The van der Waals surface area contributed by atoms with Crippen LogP contribution in [-0.2, 0) is 19.9 Å². The van der Waals surface area contributed by atoms with Gasteiger partial charge in [-0.15, -0.1) is 0 Å². The first-order valence-electron chi connectivity index (χ1n) is 6.57. The Balaban J connectivity index is 2.27. The lowest BCUT2D eigenvalue weighted by Crippen LogP contribution is -2.07. The summed E-state index contributed by atoms with van der Waals surface area (Å²) in [5, 5.41) is 16.0.